The molecule has 7 heteroatoms. The van der Waals surface area contributed by atoms with E-state index in [-0.39, 0.29) is 18.0 Å². The van der Waals surface area contributed by atoms with E-state index in [2.05, 4.69) is 0 Å². The van der Waals surface area contributed by atoms with Gasteiger partial charge < -0.3 is 9.80 Å². The Balaban J connectivity index is 1.95. The zero-order chi connectivity index (χ0) is 22.4. The van der Waals surface area contributed by atoms with Crippen LogP contribution in [0, 0.1) is 0 Å². The summed E-state index contributed by atoms with van der Waals surface area (Å²) in [6.07, 6.45) is 0.0669. The molecule has 2 amide bonds. The van der Waals surface area contributed by atoms with Gasteiger partial charge in [0.05, 0.1) is 5.56 Å². The van der Waals surface area contributed by atoms with E-state index < -0.39 is 17.6 Å². The highest BCUT2D eigenvalue weighted by Crippen LogP contribution is 2.30. The van der Waals surface area contributed by atoms with Crippen LogP contribution in [0.25, 0.3) is 0 Å². The van der Waals surface area contributed by atoms with Crippen LogP contribution in [0.3, 0.4) is 0 Å². The topological polar surface area (TPSA) is 40.6 Å². The molecule has 3 rings (SSSR count). The molecule has 2 aromatic rings. The lowest BCUT2D eigenvalue weighted by molar-refractivity contribution is -0.137. The van der Waals surface area contributed by atoms with Crippen molar-refractivity contribution in [2.24, 2.45) is 0 Å². The van der Waals surface area contributed by atoms with Gasteiger partial charge in [-0.3, -0.25) is 9.59 Å². The van der Waals surface area contributed by atoms with Gasteiger partial charge in [-0.15, -0.1) is 0 Å². The maximum Gasteiger partial charge on any atom is 0.416 e. The molecule has 2 aromatic carbocycles. The van der Waals surface area contributed by atoms with Crippen molar-refractivity contribution in [1.29, 1.82) is 0 Å². The third-order valence-corrected chi connectivity index (χ3v) is 5.56. The Bertz CT molecular complexity index is 927. The molecule has 31 heavy (non-hydrogen) atoms. The average molecular weight is 432 g/mol. The fourth-order valence-electron chi connectivity index (χ4n) is 3.93. The van der Waals surface area contributed by atoms with E-state index in [1.807, 2.05) is 24.3 Å². The first-order valence-electron chi connectivity index (χ1n) is 10.6. The predicted molar refractivity (Wildman–Crippen MR) is 114 cm³/mol. The van der Waals surface area contributed by atoms with Crippen LogP contribution in [-0.4, -0.2) is 29.8 Å². The summed E-state index contributed by atoms with van der Waals surface area (Å²) in [7, 11) is 0. The van der Waals surface area contributed by atoms with Crippen molar-refractivity contribution in [3.05, 3.63) is 65.2 Å². The molecule has 4 nitrogen and oxygen atoms in total. The first-order chi connectivity index (χ1) is 14.8. The molecule has 0 saturated heterocycles. The SMILES string of the molecule is CC(=O)N1CCCCCCCN(C(=O)c2cccc(C(F)(F)F)c2)Cc2ccccc21. The van der Waals surface area contributed by atoms with E-state index in [0.717, 1.165) is 55.5 Å². The minimum absolute atomic E-state index is 0.0165. The second kappa shape index (κ2) is 9.98. The number of rotatable bonds is 1. The number of alkyl halides is 3. The van der Waals surface area contributed by atoms with Crippen LogP contribution in [0.15, 0.2) is 48.5 Å². The number of hydrogen-bond donors (Lipinski definition) is 0. The number of carbonyl (C=O) groups is 2. The van der Waals surface area contributed by atoms with Crippen LogP contribution in [0.1, 0.15) is 60.5 Å². The van der Waals surface area contributed by atoms with Crippen molar-refractivity contribution in [3.63, 3.8) is 0 Å². The molecule has 1 aliphatic rings. The van der Waals surface area contributed by atoms with Crippen LogP contribution in [0.4, 0.5) is 18.9 Å². The summed E-state index contributed by atoms with van der Waals surface area (Å²) in [4.78, 5) is 28.8. The number of hydrogen-bond acceptors (Lipinski definition) is 2. The highest BCUT2D eigenvalue weighted by atomic mass is 19.4. The second-order valence-corrected chi connectivity index (χ2v) is 7.87. The van der Waals surface area contributed by atoms with E-state index >= 15 is 0 Å². The predicted octanol–water partition coefficient (Wildman–Crippen LogP) is 5.66. The van der Waals surface area contributed by atoms with E-state index in [0.29, 0.717) is 13.1 Å². The summed E-state index contributed by atoms with van der Waals surface area (Å²) in [6, 6.07) is 12.0. The van der Waals surface area contributed by atoms with Gasteiger partial charge in [0.1, 0.15) is 0 Å². The number of carbonyl (C=O) groups excluding carboxylic acids is 2. The zero-order valence-corrected chi connectivity index (χ0v) is 17.6. The van der Waals surface area contributed by atoms with Crippen LogP contribution < -0.4 is 4.90 Å². The Hall–Kier alpha value is -2.83. The Morgan fingerprint density at radius 2 is 1.55 bits per heavy atom. The number of anilines is 1. The lowest BCUT2D eigenvalue weighted by Crippen LogP contribution is -2.35. The molecule has 0 N–H and O–H groups in total. The lowest BCUT2D eigenvalue weighted by atomic mass is 10.1. The molecule has 0 fully saturated rings. The monoisotopic (exact) mass is 432 g/mol. The molecule has 0 radical (unpaired) electrons. The standard InChI is InChI=1S/C24H27F3N2O2/c1-18(30)29-15-8-4-2-3-7-14-28(17-20-10-5-6-13-22(20)29)23(31)19-11-9-12-21(16-19)24(25,26)27/h5-6,9-13,16H,2-4,7-8,14-15,17H2,1H3. The van der Waals surface area contributed by atoms with Gasteiger partial charge in [-0.2, -0.15) is 13.2 Å². The quantitative estimate of drug-likeness (QED) is 0.583. The number of halogens is 3. The van der Waals surface area contributed by atoms with Gasteiger partial charge in [0.2, 0.25) is 5.91 Å². The largest absolute Gasteiger partial charge is 0.416 e. The van der Waals surface area contributed by atoms with Crippen LogP contribution in [0.5, 0.6) is 0 Å². The summed E-state index contributed by atoms with van der Waals surface area (Å²) in [5.74, 6) is -0.507. The van der Waals surface area contributed by atoms with E-state index in [4.69, 9.17) is 0 Å². The normalized spacial score (nSPS) is 16.1. The molecule has 0 unspecified atom stereocenters. The van der Waals surface area contributed by atoms with E-state index in [9.17, 15) is 22.8 Å². The maximum atomic E-state index is 13.2. The minimum atomic E-state index is -4.51. The summed E-state index contributed by atoms with van der Waals surface area (Å²) >= 11 is 0. The molecule has 0 atom stereocenters. The molecule has 0 spiro atoms. The molecule has 0 aromatic heterocycles. The summed E-state index contributed by atoms with van der Waals surface area (Å²) in [6.45, 7) is 2.81. The Labute approximate surface area is 180 Å². The molecule has 1 heterocycles. The first-order valence-corrected chi connectivity index (χ1v) is 10.6. The Morgan fingerprint density at radius 1 is 0.871 bits per heavy atom. The van der Waals surface area contributed by atoms with Gasteiger partial charge in [-0.25, -0.2) is 0 Å². The van der Waals surface area contributed by atoms with E-state index in [1.165, 1.54) is 19.1 Å². The van der Waals surface area contributed by atoms with Crippen LogP contribution >= 0.6 is 0 Å². The molecule has 0 aliphatic carbocycles. The summed E-state index contributed by atoms with van der Waals surface area (Å²) < 4.78 is 39.4. The Kier molecular flexibility index (Phi) is 7.36. The third-order valence-electron chi connectivity index (χ3n) is 5.56. The number of amides is 2. The van der Waals surface area contributed by atoms with Crippen LogP contribution in [-0.2, 0) is 17.5 Å². The van der Waals surface area contributed by atoms with E-state index in [1.54, 1.807) is 9.80 Å². The highest BCUT2D eigenvalue weighted by molar-refractivity contribution is 5.95. The van der Waals surface area contributed by atoms with Gasteiger partial charge >= 0.3 is 6.18 Å². The lowest BCUT2D eigenvalue weighted by Gasteiger charge is -2.29. The summed E-state index contributed by atoms with van der Waals surface area (Å²) in [5, 5.41) is 0. The average Bonchev–Trinajstić information content (AvgIpc) is 2.73. The van der Waals surface area contributed by atoms with Crippen molar-refractivity contribution >= 4 is 17.5 Å². The molecular formula is C24H27F3N2O2. The van der Waals surface area contributed by atoms with Crippen molar-refractivity contribution in [3.8, 4) is 0 Å². The smallest absolute Gasteiger partial charge is 0.334 e. The Morgan fingerprint density at radius 3 is 2.26 bits per heavy atom. The molecule has 0 bridgehead atoms. The van der Waals surface area contributed by atoms with Gasteiger partial charge in [-0.1, -0.05) is 43.5 Å². The fourth-order valence-corrected chi connectivity index (χ4v) is 3.93. The molecule has 1 aliphatic heterocycles. The van der Waals surface area contributed by atoms with Crippen molar-refractivity contribution in [1.82, 2.24) is 4.90 Å². The number of benzene rings is 2. The number of nitrogens with zero attached hydrogens (tertiary/aromatic N) is 2. The molecule has 0 saturated carbocycles. The molecular weight excluding hydrogens is 405 g/mol. The zero-order valence-electron chi connectivity index (χ0n) is 17.6. The van der Waals surface area contributed by atoms with Gasteiger partial charge in [0.25, 0.3) is 5.91 Å². The summed E-state index contributed by atoms with van der Waals surface area (Å²) in [5.41, 5.74) is 0.731. The van der Waals surface area contributed by atoms with Gasteiger partial charge in [0, 0.05) is 37.8 Å². The third kappa shape index (κ3) is 5.87. The number of para-hydroxylation sites is 1. The van der Waals surface area contributed by atoms with Gasteiger partial charge in [0.15, 0.2) is 0 Å². The molecule has 166 valence electrons. The van der Waals surface area contributed by atoms with Crippen molar-refractivity contribution in [2.75, 3.05) is 18.0 Å². The van der Waals surface area contributed by atoms with Crippen LogP contribution in [0.2, 0.25) is 0 Å². The second-order valence-electron chi connectivity index (χ2n) is 7.87. The fraction of sp³-hybridized carbons (Fsp3) is 0.417. The van der Waals surface area contributed by atoms with Crippen molar-refractivity contribution < 1.29 is 22.8 Å². The minimum Gasteiger partial charge on any atom is -0.334 e. The maximum absolute atomic E-state index is 13.2. The first kappa shape index (κ1) is 22.8. The van der Waals surface area contributed by atoms with Gasteiger partial charge in [-0.05, 0) is 42.7 Å². The van der Waals surface area contributed by atoms with Crippen molar-refractivity contribution in [2.45, 2.75) is 51.7 Å². The highest BCUT2D eigenvalue weighted by Gasteiger charge is 2.31. The number of fused-ring (bicyclic) bond motifs is 1.